The molecule has 0 saturated carbocycles. The Labute approximate surface area is 432 Å². The zero-order valence-electron chi connectivity index (χ0n) is 42.3. The molecule has 0 bridgehead atoms. The smallest absolute Gasteiger partial charge is 0.227 e. The summed E-state index contributed by atoms with van der Waals surface area (Å²) in [5.74, 6) is 1.27. The van der Waals surface area contributed by atoms with Crippen molar-refractivity contribution in [1.29, 1.82) is 0 Å². The van der Waals surface area contributed by atoms with E-state index < -0.39 is 0 Å². The number of thioether (sulfide) groups is 1. The normalized spacial score (nSPS) is 19.8. The summed E-state index contributed by atoms with van der Waals surface area (Å²) in [7, 11) is 0. The van der Waals surface area contributed by atoms with Gasteiger partial charge in [-0.1, -0.05) is 148 Å². The van der Waals surface area contributed by atoms with Crippen LogP contribution in [0.15, 0.2) is 250 Å². The number of fused-ring (bicyclic) bond motifs is 3. The maximum atomic E-state index is 6.50. The maximum absolute atomic E-state index is 6.50. The van der Waals surface area contributed by atoms with Gasteiger partial charge >= 0.3 is 0 Å². The first-order chi connectivity index (χ1) is 35.3. The lowest BCUT2D eigenvalue weighted by Crippen LogP contribution is -2.28. The Bertz CT molecular complexity index is 3310. The Morgan fingerprint density at radius 1 is 0.903 bits per heavy atom. The van der Waals surface area contributed by atoms with Crippen LogP contribution in [-0.4, -0.2) is 11.2 Å². The number of hydrogen-bond acceptors (Lipinski definition) is 5. The lowest BCUT2D eigenvalue weighted by Gasteiger charge is -2.38. The Kier molecular flexibility index (Phi) is 14.7. The largest absolute Gasteiger partial charge is 0.436 e. The third-order valence-corrected chi connectivity index (χ3v) is 15.7. The SMILES string of the molecule is C=C/C=C\C(SC)=C(/C)c1cccc(C(=CCCC(=C)N2C3=C(CCC(C4=CCC5=C(C=C4)N(C4=CC=CCC=C4)c4ccccc4C5C)/C=C\C3)Cc3cc4oc(-c5ccccc5)nc4cc32)/C=C\C)c1. The molecule has 3 aliphatic carbocycles. The predicted molar refractivity (Wildman–Crippen MR) is 309 cm³/mol. The lowest BCUT2D eigenvalue weighted by atomic mass is 9.83. The van der Waals surface area contributed by atoms with E-state index in [1.54, 1.807) is 11.8 Å². The summed E-state index contributed by atoms with van der Waals surface area (Å²) in [4.78, 5) is 11.3. The number of anilines is 2. The average molecular weight is 960 g/mol. The summed E-state index contributed by atoms with van der Waals surface area (Å²) < 4.78 is 6.50. The fraction of sp³-hybridized carbons (Fsp3) is 0.209. The van der Waals surface area contributed by atoms with Crippen molar-refractivity contribution in [3.8, 4) is 11.5 Å². The Hall–Kier alpha value is -7.34. The Morgan fingerprint density at radius 2 is 1.75 bits per heavy atom. The highest BCUT2D eigenvalue weighted by molar-refractivity contribution is 8.02. The molecule has 1 aromatic heterocycles. The van der Waals surface area contributed by atoms with Crippen LogP contribution in [0.5, 0.6) is 0 Å². The molecule has 4 nitrogen and oxygen atoms in total. The van der Waals surface area contributed by atoms with Gasteiger partial charge in [0.15, 0.2) is 5.58 Å². The average Bonchev–Trinajstić information content (AvgIpc) is 3.51. The van der Waals surface area contributed by atoms with Gasteiger partial charge in [0, 0.05) is 57.2 Å². The second-order valence-electron chi connectivity index (χ2n) is 19.2. The summed E-state index contributed by atoms with van der Waals surface area (Å²) in [6, 6.07) is 32.6. The van der Waals surface area contributed by atoms with Crippen LogP contribution in [0.3, 0.4) is 0 Å². The van der Waals surface area contributed by atoms with E-state index in [9.17, 15) is 0 Å². The molecular formula is C67H65N3OS. The van der Waals surface area contributed by atoms with Crippen LogP contribution in [0.4, 0.5) is 11.4 Å². The van der Waals surface area contributed by atoms with Gasteiger partial charge in [0.25, 0.3) is 0 Å². The third kappa shape index (κ3) is 9.96. The zero-order chi connectivity index (χ0) is 49.6. The number of oxazole rings is 1. The minimum Gasteiger partial charge on any atom is -0.436 e. The van der Waals surface area contributed by atoms with E-state index in [0.717, 1.165) is 79.4 Å². The van der Waals surface area contributed by atoms with Crippen molar-refractivity contribution in [1.82, 2.24) is 4.98 Å². The number of benzene rings is 4. The maximum Gasteiger partial charge on any atom is 0.227 e. The van der Waals surface area contributed by atoms with Gasteiger partial charge in [0.2, 0.25) is 5.89 Å². The van der Waals surface area contributed by atoms with Crippen LogP contribution in [-0.2, 0) is 6.42 Å². The minimum absolute atomic E-state index is 0.301. The summed E-state index contributed by atoms with van der Waals surface area (Å²) in [5.41, 5.74) is 21.9. The highest BCUT2D eigenvalue weighted by Crippen LogP contribution is 2.48. The van der Waals surface area contributed by atoms with Crippen LogP contribution in [0, 0.1) is 5.92 Å². The molecule has 0 saturated heterocycles. The first-order valence-electron chi connectivity index (χ1n) is 25.7. The standard InChI is InChI=1S/C67H65N3OS/c1-7-9-35-66(72-6)47(4)53-28-20-29-54(42-53)49(22-8-2)26-19-23-46(3)69-61-34-21-27-50(36-37-55(61)43-56-44-65-60(45-64(56)69)68-67(71-65)52-24-13-12-14-25-52)51-38-40-59-48(5)58-32-17-18-33-62(58)70(63(59)41-39-51)57-30-15-10-11-16-31-57/h7-10,12-18,20-22,24-33,35,38-39,41-42,44-45,48,50H,1,3,11,19,23,34,36-37,40,43H2,2,4-6H3/b22-8-,27-21-,35-9-,49-26?,66-47-. The highest BCUT2D eigenvalue weighted by atomic mass is 32.2. The van der Waals surface area contributed by atoms with E-state index in [0.29, 0.717) is 17.7 Å². The van der Waals surface area contributed by atoms with Crippen molar-refractivity contribution in [3.05, 3.63) is 268 Å². The van der Waals surface area contributed by atoms with Crippen molar-refractivity contribution in [2.75, 3.05) is 16.1 Å². The molecule has 4 aromatic carbocycles. The quantitative estimate of drug-likeness (QED) is 0.0867. The van der Waals surface area contributed by atoms with Crippen molar-refractivity contribution in [3.63, 3.8) is 0 Å². The van der Waals surface area contributed by atoms with E-state index in [1.165, 1.54) is 77.8 Å². The van der Waals surface area contributed by atoms with E-state index in [4.69, 9.17) is 16.0 Å². The summed E-state index contributed by atoms with van der Waals surface area (Å²) >= 11 is 1.76. The lowest BCUT2D eigenvalue weighted by molar-refractivity contribution is 0.618. The van der Waals surface area contributed by atoms with Crippen molar-refractivity contribution < 1.29 is 4.42 Å². The summed E-state index contributed by atoms with van der Waals surface area (Å²) in [6.07, 6.45) is 45.6. The first kappa shape index (κ1) is 48.3. The van der Waals surface area contributed by atoms with Gasteiger partial charge in [-0.2, -0.15) is 0 Å². The van der Waals surface area contributed by atoms with Gasteiger partial charge in [-0.25, -0.2) is 4.98 Å². The fourth-order valence-electron chi connectivity index (χ4n) is 11.1. The van der Waals surface area contributed by atoms with Crippen molar-refractivity contribution in [2.45, 2.75) is 78.1 Å². The first-order valence-corrected chi connectivity index (χ1v) is 26.9. The molecule has 2 atom stereocenters. The molecule has 72 heavy (non-hydrogen) atoms. The van der Waals surface area contributed by atoms with Gasteiger partial charge in [0.05, 0.1) is 5.69 Å². The van der Waals surface area contributed by atoms with Crippen LogP contribution >= 0.6 is 11.8 Å². The van der Waals surface area contributed by atoms with Crippen molar-refractivity contribution >= 4 is 45.4 Å². The van der Waals surface area contributed by atoms with E-state index in [2.05, 4.69) is 201 Å². The van der Waals surface area contributed by atoms with E-state index in [-0.39, 0.29) is 0 Å². The third-order valence-electron chi connectivity index (χ3n) is 14.8. The molecule has 0 N–H and O–H groups in total. The topological polar surface area (TPSA) is 32.5 Å². The van der Waals surface area contributed by atoms with E-state index in [1.807, 2.05) is 30.4 Å². The number of aromatic nitrogens is 1. The molecule has 5 aliphatic rings. The molecule has 3 heterocycles. The second kappa shape index (κ2) is 22.0. The van der Waals surface area contributed by atoms with Gasteiger partial charge < -0.3 is 14.2 Å². The molecule has 360 valence electrons. The second-order valence-corrected chi connectivity index (χ2v) is 20.1. The summed E-state index contributed by atoms with van der Waals surface area (Å²) in [6.45, 7) is 15.4. The molecule has 0 fully saturated rings. The monoisotopic (exact) mass is 959 g/mol. The van der Waals surface area contributed by atoms with Crippen LogP contribution in [0.2, 0.25) is 0 Å². The Morgan fingerprint density at radius 3 is 2.60 bits per heavy atom. The number of nitrogens with zero attached hydrogens (tertiary/aromatic N) is 3. The van der Waals surface area contributed by atoms with Crippen LogP contribution in [0.1, 0.15) is 93.9 Å². The number of rotatable bonds is 13. The molecule has 0 radical (unpaired) electrons. The molecule has 5 heteroatoms. The van der Waals surface area contributed by atoms with Gasteiger partial charge in [-0.15, -0.1) is 11.8 Å². The van der Waals surface area contributed by atoms with Gasteiger partial charge in [-0.3, -0.25) is 0 Å². The van der Waals surface area contributed by atoms with Crippen LogP contribution in [0.25, 0.3) is 33.7 Å². The van der Waals surface area contributed by atoms with Crippen molar-refractivity contribution in [2.24, 2.45) is 5.92 Å². The molecular weight excluding hydrogens is 895 g/mol. The fourth-order valence-corrected chi connectivity index (χ4v) is 11.7. The molecule has 10 rings (SSSR count). The predicted octanol–water partition coefficient (Wildman–Crippen LogP) is 18.4. The minimum atomic E-state index is 0.301. The molecule has 5 aromatic rings. The highest BCUT2D eigenvalue weighted by Gasteiger charge is 2.33. The molecule has 2 aliphatic heterocycles. The van der Waals surface area contributed by atoms with Crippen LogP contribution < -0.4 is 9.80 Å². The summed E-state index contributed by atoms with van der Waals surface area (Å²) in [5, 5.41) is 0. The van der Waals surface area contributed by atoms with Gasteiger partial charge in [-0.05, 0) is 176 Å². The number of para-hydroxylation sites is 1. The molecule has 0 spiro atoms. The van der Waals surface area contributed by atoms with Gasteiger partial charge in [0.1, 0.15) is 5.52 Å². The molecule has 0 amide bonds. The number of allylic oxidation sites excluding steroid dienone is 22. The molecule has 2 unspecified atom stereocenters. The zero-order valence-corrected chi connectivity index (χ0v) is 43.1. The number of hydrogen-bond donors (Lipinski definition) is 0. The Balaban J connectivity index is 0.943. The van der Waals surface area contributed by atoms with E-state index >= 15 is 0 Å².